The van der Waals surface area contributed by atoms with Crippen LogP contribution in [0.15, 0.2) is 42.6 Å². The van der Waals surface area contributed by atoms with Crippen molar-refractivity contribution in [1.29, 1.82) is 0 Å². The van der Waals surface area contributed by atoms with E-state index in [-0.39, 0.29) is 0 Å². The molecule has 4 rings (SSSR count). The molecule has 21 heavy (non-hydrogen) atoms. The van der Waals surface area contributed by atoms with Crippen molar-refractivity contribution in [3.63, 3.8) is 0 Å². The Morgan fingerprint density at radius 2 is 1.86 bits per heavy atom. The molecule has 0 amide bonds. The van der Waals surface area contributed by atoms with E-state index in [4.69, 9.17) is 0 Å². The number of fused-ring (bicyclic) bond motifs is 1. The first-order valence-electron chi connectivity index (χ1n) is 7.56. The summed E-state index contributed by atoms with van der Waals surface area (Å²) in [5.74, 6) is 1.07. The van der Waals surface area contributed by atoms with Crippen molar-refractivity contribution in [2.24, 2.45) is 0 Å². The van der Waals surface area contributed by atoms with Crippen molar-refractivity contribution in [3.05, 3.63) is 42.6 Å². The average molecular weight is 278 g/mol. The summed E-state index contributed by atoms with van der Waals surface area (Å²) in [7, 11) is 0. The summed E-state index contributed by atoms with van der Waals surface area (Å²) in [5.41, 5.74) is 3.21. The minimum absolute atomic E-state index is 1.01. The van der Waals surface area contributed by atoms with E-state index in [1.807, 2.05) is 24.4 Å². The molecule has 0 aliphatic carbocycles. The van der Waals surface area contributed by atoms with Crippen LogP contribution in [0, 0.1) is 0 Å². The first-order valence-corrected chi connectivity index (χ1v) is 7.56. The quantitative estimate of drug-likeness (QED) is 0.778. The summed E-state index contributed by atoms with van der Waals surface area (Å²) < 4.78 is 0. The number of nitrogens with zero attached hydrogens (tertiary/aromatic N) is 3. The summed E-state index contributed by atoms with van der Waals surface area (Å²) in [4.78, 5) is 6.92. The Morgan fingerprint density at radius 3 is 2.76 bits per heavy atom. The summed E-state index contributed by atoms with van der Waals surface area (Å²) >= 11 is 0. The normalized spacial score (nSPS) is 15.5. The van der Waals surface area contributed by atoms with E-state index in [2.05, 4.69) is 38.3 Å². The lowest BCUT2D eigenvalue weighted by molar-refractivity contribution is 0.573. The van der Waals surface area contributed by atoms with Gasteiger partial charge in [-0.2, -0.15) is 5.10 Å². The van der Waals surface area contributed by atoms with Gasteiger partial charge in [-0.15, -0.1) is 0 Å². The molecule has 0 radical (unpaired) electrons. The zero-order valence-corrected chi connectivity index (χ0v) is 11.9. The van der Waals surface area contributed by atoms with Gasteiger partial charge in [-0.05, 0) is 37.5 Å². The van der Waals surface area contributed by atoms with Gasteiger partial charge in [0.1, 0.15) is 11.5 Å². The Balaban J connectivity index is 1.75. The summed E-state index contributed by atoms with van der Waals surface area (Å²) in [5, 5.41) is 8.74. The van der Waals surface area contributed by atoms with E-state index in [1.54, 1.807) is 0 Å². The number of rotatable bonds is 2. The maximum atomic E-state index is 4.54. The lowest BCUT2D eigenvalue weighted by atomic mass is 10.1. The molecule has 0 unspecified atom stereocenters. The van der Waals surface area contributed by atoms with Crippen molar-refractivity contribution in [2.75, 3.05) is 18.0 Å². The van der Waals surface area contributed by atoms with Crippen LogP contribution in [0.25, 0.3) is 22.2 Å². The summed E-state index contributed by atoms with van der Waals surface area (Å²) in [6.45, 7) is 2.22. The first kappa shape index (κ1) is 12.4. The van der Waals surface area contributed by atoms with Gasteiger partial charge in [-0.25, -0.2) is 4.98 Å². The predicted octanol–water partition coefficient (Wildman–Crippen LogP) is 3.62. The fourth-order valence-corrected chi connectivity index (χ4v) is 3.05. The number of H-pyrrole nitrogens is 1. The second kappa shape index (κ2) is 5.20. The number of aromatic amines is 1. The van der Waals surface area contributed by atoms with Crippen LogP contribution >= 0.6 is 0 Å². The van der Waals surface area contributed by atoms with Crippen LogP contribution in [0.3, 0.4) is 0 Å². The molecule has 0 spiro atoms. The number of nitrogens with one attached hydrogen (secondary N) is 1. The molecule has 3 aromatic rings. The van der Waals surface area contributed by atoms with Gasteiger partial charge in [0.05, 0.1) is 5.52 Å². The Hall–Kier alpha value is -2.36. The molecule has 1 saturated heterocycles. The fourth-order valence-electron chi connectivity index (χ4n) is 3.05. The SMILES string of the molecule is c1ccc2c(-c3ccnc(N4CCCCC4)c3)n[nH]c2c1. The van der Waals surface area contributed by atoms with E-state index in [9.17, 15) is 0 Å². The Bertz CT molecular complexity index is 756. The molecule has 0 saturated carbocycles. The van der Waals surface area contributed by atoms with Crippen LogP contribution in [0.1, 0.15) is 19.3 Å². The summed E-state index contributed by atoms with van der Waals surface area (Å²) in [6, 6.07) is 12.4. The molecule has 3 heterocycles. The lowest BCUT2D eigenvalue weighted by Crippen LogP contribution is -2.30. The largest absolute Gasteiger partial charge is 0.357 e. The third-order valence-electron chi connectivity index (χ3n) is 4.17. The number of anilines is 1. The number of benzene rings is 1. The van der Waals surface area contributed by atoms with Crippen LogP contribution in [-0.2, 0) is 0 Å². The van der Waals surface area contributed by atoms with Gasteiger partial charge < -0.3 is 4.90 Å². The average Bonchev–Trinajstić information content (AvgIpc) is 3.00. The molecule has 4 heteroatoms. The minimum Gasteiger partial charge on any atom is -0.357 e. The molecular formula is C17H18N4. The highest BCUT2D eigenvalue weighted by Crippen LogP contribution is 2.28. The van der Waals surface area contributed by atoms with Gasteiger partial charge in [0.2, 0.25) is 0 Å². The van der Waals surface area contributed by atoms with E-state index < -0.39 is 0 Å². The smallest absolute Gasteiger partial charge is 0.129 e. The number of pyridine rings is 1. The molecule has 106 valence electrons. The van der Waals surface area contributed by atoms with Crippen molar-refractivity contribution in [3.8, 4) is 11.3 Å². The highest BCUT2D eigenvalue weighted by atomic mass is 15.2. The van der Waals surface area contributed by atoms with Crippen molar-refractivity contribution >= 4 is 16.7 Å². The van der Waals surface area contributed by atoms with Crippen molar-refractivity contribution in [1.82, 2.24) is 15.2 Å². The second-order valence-corrected chi connectivity index (χ2v) is 5.57. The molecule has 4 nitrogen and oxygen atoms in total. The highest BCUT2D eigenvalue weighted by Gasteiger charge is 2.14. The first-order chi connectivity index (χ1) is 10.4. The Kier molecular flexibility index (Phi) is 3.07. The molecular weight excluding hydrogens is 260 g/mol. The third kappa shape index (κ3) is 2.27. The second-order valence-electron chi connectivity index (χ2n) is 5.57. The van der Waals surface area contributed by atoms with E-state index in [0.29, 0.717) is 0 Å². The van der Waals surface area contributed by atoms with Gasteiger partial charge in [0, 0.05) is 30.2 Å². The molecule has 1 aliphatic rings. The number of hydrogen-bond acceptors (Lipinski definition) is 3. The van der Waals surface area contributed by atoms with E-state index in [1.165, 1.54) is 19.3 Å². The van der Waals surface area contributed by atoms with Gasteiger partial charge in [0.25, 0.3) is 0 Å². The zero-order chi connectivity index (χ0) is 14.1. The number of piperidine rings is 1. The number of para-hydroxylation sites is 1. The lowest BCUT2D eigenvalue weighted by Gasteiger charge is -2.27. The molecule has 1 aliphatic heterocycles. The Morgan fingerprint density at radius 1 is 1.00 bits per heavy atom. The third-order valence-corrected chi connectivity index (χ3v) is 4.17. The van der Waals surface area contributed by atoms with Gasteiger partial charge >= 0.3 is 0 Å². The molecule has 0 atom stereocenters. The van der Waals surface area contributed by atoms with Crippen LogP contribution < -0.4 is 4.90 Å². The predicted molar refractivity (Wildman–Crippen MR) is 85.4 cm³/mol. The van der Waals surface area contributed by atoms with Gasteiger partial charge in [-0.1, -0.05) is 18.2 Å². The Labute approximate surface area is 123 Å². The standard InChI is InChI=1S/C17H18N4/c1-4-10-21(11-5-1)16-12-13(8-9-18-16)17-14-6-2-3-7-15(14)19-20-17/h2-3,6-9,12H,1,4-5,10-11H2,(H,19,20). The minimum atomic E-state index is 1.01. The van der Waals surface area contributed by atoms with Crippen LogP contribution in [-0.4, -0.2) is 28.3 Å². The summed E-state index contributed by atoms with van der Waals surface area (Å²) in [6.07, 6.45) is 5.75. The van der Waals surface area contributed by atoms with Gasteiger partial charge in [-0.3, -0.25) is 5.10 Å². The highest BCUT2D eigenvalue weighted by molar-refractivity contribution is 5.93. The van der Waals surface area contributed by atoms with Crippen LogP contribution in [0.4, 0.5) is 5.82 Å². The van der Waals surface area contributed by atoms with Crippen molar-refractivity contribution in [2.45, 2.75) is 19.3 Å². The maximum Gasteiger partial charge on any atom is 0.129 e. The van der Waals surface area contributed by atoms with E-state index in [0.717, 1.165) is 41.1 Å². The molecule has 1 N–H and O–H groups in total. The topological polar surface area (TPSA) is 44.8 Å². The van der Waals surface area contributed by atoms with Crippen LogP contribution in [0.5, 0.6) is 0 Å². The number of aromatic nitrogens is 3. The van der Waals surface area contributed by atoms with Crippen LogP contribution in [0.2, 0.25) is 0 Å². The zero-order valence-electron chi connectivity index (χ0n) is 11.9. The molecule has 1 fully saturated rings. The van der Waals surface area contributed by atoms with E-state index >= 15 is 0 Å². The molecule has 1 aromatic carbocycles. The monoisotopic (exact) mass is 278 g/mol. The number of hydrogen-bond donors (Lipinski definition) is 1. The molecule has 2 aromatic heterocycles. The molecule has 0 bridgehead atoms. The van der Waals surface area contributed by atoms with Gasteiger partial charge in [0.15, 0.2) is 0 Å². The maximum absolute atomic E-state index is 4.54. The fraction of sp³-hybridized carbons (Fsp3) is 0.294. The van der Waals surface area contributed by atoms with Crippen molar-refractivity contribution < 1.29 is 0 Å².